The lowest BCUT2D eigenvalue weighted by atomic mass is 10.0. The highest BCUT2D eigenvalue weighted by Gasteiger charge is 2.17. The van der Waals surface area contributed by atoms with Gasteiger partial charge in [-0.1, -0.05) is 13.3 Å². The van der Waals surface area contributed by atoms with E-state index in [0.29, 0.717) is 28.9 Å². The summed E-state index contributed by atoms with van der Waals surface area (Å²) in [6, 6.07) is 14.3. The molecule has 0 aliphatic rings. The number of pyridine rings is 1. The van der Waals surface area contributed by atoms with Crippen LogP contribution in [-0.4, -0.2) is 19.9 Å². The monoisotopic (exact) mass is 351 g/mol. The lowest BCUT2D eigenvalue weighted by Gasteiger charge is -2.16. The van der Waals surface area contributed by atoms with Crippen molar-refractivity contribution in [3.63, 3.8) is 0 Å². The molecule has 0 spiro atoms. The molecule has 3 rings (SSSR count). The van der Waals surface area contributed by atoms with Crippen molar-refractivity contribution in [1.82, 2.24) is 4.57 Å². The van der Waals surface area contributed by atoms with Gasteiger partial charge in [-0.05, 0) is 66.9 Å². The van der Waals surface area contributed by atoms with Crippen LogP contribution in [-0.2, 0) is 6.42 Å². The predicted octanol–water partition coefficient (Wildman–Crippen LogP) is 3.96. The molecular formula is C21H21NO4. The van der Waals surface area contributed by atoms with Crippen LogP contribution in [0.4, 0.5) is 0 Å². The summed E-state index contributed by atoms with van der Waals surface area (Å²) in [5.41, 5.74) is 1.88. The zero-order valence-corrected chi connectivity index (χ0v) is 14.5. The summed E-state index contributed by atoms with van der Waals surface area (Å²) in [5, 5.41) is 29.5. The van der Waals surface area contributed by atoms with Gasteiger partial charge in [0.1, 0.15) is 17.2 Å². The van der Waals surface area contributed by atoms with Gasteiger partial charge in [0, 0.05) is 11.8 Å². The quantitative estimate of drug-likeness (QED) is 0.650. The van der Waals surface area contributed by atoms with Crippen molar-refractivity contribution in [3.05, 3.63) is 70.5 Å². The van der Waals surface area contributed by atoms with Crippen molar-refractivity contribution in [2.45, 2.75) is 26.2 Å². The van der Waals surface area contributed by atoms with Crippen molar-refractivity contribution >= 4 is 0 Å². The molecule has 3 N–H and O–H groups in total. The second kappa shape index (κ2) is 7.35. The molecule has 5 nitrogen and oxygen atoms in total. The van der Waals surface area contributed by atoms with E-state index in [-0.39, 0.29) is 22.8 Å². The van der Waals surface area contributed by atoms with Gasteiger partial charge in [-0.2, -0.15) is 0 Å². The highest BCUT2D eigenvalue weighted by Crippen LogP contribution is 2.29. The summed E-state index contributed by atoms with van der Waals surface area (Å²) in [7, 11) is 0. The standard InChI is InChI=1S/C21H21NO4/c1-2-3-4-18-20(25)13-19(14-5-9-16(23)10-6-14)22(21(18)26)15-7-11-17(24)12-8-15/h5-13,23-25H,2-4H2,1H3. The van der Waals surface area contributed by atoms with E-state index in [1.165, 1.54) is 28.8 Å². The van der Waals surface area contributed by atoms with Crippen LogP contribution in [0.1, 0.15) is 25.3 Å². The van der Waals surface area contributed by atoms with Crippen LogP contribution in [0.5, 0.6) is 17.2 Å². The predicted molar refractivity (Wildman–Crippen MR) is 101 cm³/mol. The third-order valence-electron chi connectivity index (χ3n) is 4.34. The minimum absolute atomic E-state index is 0.0263. The van der Waals surface area contributed by atoms with Gasteiger partial charge in [0.05, 0.1) is 11.3 Å². The van der Waals surface area contributed by atoms with Crippen LogP contribution in [0, 0.1) is 0 Å². The Balaban J connectivity index is 2.27. The first-order valence-corrected chi connectivity index (χ1v) is 8.58. The number of aromatic nitrogens is 1. The average Bonchev–Trinajstić information content (AvgIpc) is 2.63. The summed E-state index contributed by atoms with van der Waals surface area (Å²) in [4.78, 5) is 13.1. The van der Waals surface area contributed by atoms with E-state index in [2.05, 4.69) is 0 Å². The first-order valence-electron chi connectivity index (χ1n) is 8.58. The number of rotatable bonds is 5. The molecule has 2 aromatic carbocycles. The number of nitrogens with zero attached hydrogens (tertiary/aromatic N) is 1. The molecular weight excluding hydrogens is 330 g/mol. The molecule has 0 fully saturated rings. The number of hydrogen-bond acceptors (Lipinski definition) is 4. The Kier molecular flexibility index (Phi) is 4.98. The Morgan fingerprint density at radius 1 is 0.885 bits per heavy atom. The van der Waals surface area contributed by atoms with Gasteiger partial charge in [-0.15, -0.1) is 0 Å². The van der Waals surface area contributed by atoms with Crippen LogP contribution < -0.4 is 5.56 Å². The fourth-order valence-electron chi connectivity index (χ4n) is 2.93. The van der Waals surface area contributed by atoms with Gasteiger partial charge in [0.2, 0.25) is 0 Å². The third-order valence-corrected chi connectivity index (χ3v) is 4.34. The molecule has 1 heterocycles. The minimum Gasteiger partial charge on any atom is -0.508 e. The van der Waals surface area contributed by atoms with Gasteiger partial charge in [-0.25, -0.2) is 0 Å². The summed E-state index contributed by atoms with van der Waals surface area (Å²) >= 11 is 0. The number of phenolic OH excluding ortho intramolecular Hbond substituents is 2. The van der Waals surface area contributed by atoms with Gasteiger partial charge in [-0.3, -0.25) is 9.36 Å². The van der Waals surface area contributed by atoms with E-state index < -0.39 is 0 Å². The van der Waals surface area contributed by atoms with E-state index in [1.807, 2.05) is 6.92 Å². The molecule has 134 valence electrons. The topological polar surface area (TPSA) is 82.7 Å². The Bertz CT molecular complexity index is 957. The lowest BCUT2D eigenvalue weighted by Crippen LogP contribution is -2.24. The second-order valence-corrected chi connectivity index (χ2v) is 6.20. The molecule has 0 unspecified atom stereocenters. The maximum atomic E-state index is 13.1. The summed E-state index contributed by atoms with van der Waals surface area (Å²) in [6.45, 7) is 2.03. The van der Waals surface area contributed by atoms with Crippen molar-refractivity contribution < 1.29 is 15.3 Å². The highest BCUT2D eigenvalue weighted by atomic mass is 16.3. The first kappa shape index (κ1) is 17.6. The number of unbranched alkanes of at least 4 members (excludes halogenated alkanes) is 1. The molecule has 0 saturated carbocycles. The summed E-state index contributed by atoms with van der Waals surface area (Å²) < 4.78 is 1.52. The van der Waals surface area contributed by atoms with Gasteiger partial charge >= 0.3 is 0 Å². The molecule has 0 saturated heterocycles. The maximum Gasteiger partial charge on any atom is 0.262 e. The normalized spacial score (nSPS) is 10.8. The van der Waals surface area contributed by atoms with Crippen molar-refractivity contribution in [1.29, 1.82) is 0 Å². The van der Waals surface area contributed by atoms with Crippen molar-refractivity contribution in [2.75, 3.05) is 0 Å². The average molecular weight is 351 g/mol. The van der Waals surface area contributed by atoms with E-state index in [1.54, 1.807) is 30.3 Å². The number of benzene rings is 2. The zero-order valence-electron chi connectivity index (χ0n) is 14.5. The molecule has 5 heteroatoms. The van der Waals surface area contributed by atoms with E-state index >= 15 is 0 Å². The molecule has 0 amide bonds. The molecule has 1 aromatic heterocycles. The van der Waals surface area contributed by atoms with Crippen LogP contribution in [0.2, 0.25) is 0 Å². The highest BCUT2D eigenvalue weighted by molar-refractivity contribution is 5.66. The van der Waals surface area contributed by atoms with Gasteiger partial charge < -0.3 is 15.3 Å². The number of aromatic hydroxyl groups is 3. The molecule has 26 heavy (non-hydrogen) atoms. The third kappa shape index (κ3) is 3.42. The van der Waals surface area contributed by atoms with Crippen LogP contribution in [0.15, 0.2) is 59.4 Å². The fraction of sp³-hybridized carbons (Fsp3) is 0.190. The van der Waals surface area contributed by atoms with E-state index in [4.69, 9.17) is 0 Å². The Morgan fingerprint density at radius 3 is 2.04 bits per heavy atom. The largest absolute Gasteiger partial charge is 0.508 e. The van der Waals surface area contributed by atoms with E-state index in [9.17, 15) is 20.1 Å². The van der Waals surface area contributed by atoms with Gasteiger partial charge in [0.15, 0.2) is 0 Å². The Labute approximate surface area is 151 Å². The van der Waals surface area contributed by atoms with E-state index in [0.717, 1.165) is 12.8 Å². The minimum atomic E-state index is -0.285. The van der Waals surface area contributed by atoms with Crippen molar-refractivity contribution in [2.24, 2.45) is 0 Å². The molecule has 0 aliphatic heterocycles. The first-order chi connectivity index (χ1) is 12.5. The molecule has 0 radical (unpaired) electrons. The van der Waals surface area contributed by atoms with Gasteiger partial charge in [0.25, 0.3) is 5.56 Å². The summed E-state index contributed by atoms with van der Waals surface area (Å²) in [5.74, 6) is 0.204. The summed E-state index contributed by atoms with van der Waals surface area (Å²) in [6.07, 6.45) is 2.21. The van der Waals surface area contributed by atoms with Crippen LogP contribution >= 0.6 is 0 Å². The van der Waals surface area contributed by atoms with Crippen LogP contribution in [0.25, 0.3) is 16.9 Å². The van der Waals surface area contributed by atoms with Crippen molar-refractivity contribution in [3.8, 4) is 34.2 Å². The fourth-order valence-corrected chi connectivity index (χ4v) is 2.93. The van der Waals surface area contributed by atoms with Crippen LogP contribution in [0.3, 0.4) is 0 Å². The Morgan fingerprint density at radius 2 is 1.46 bits per heavy atom. The SMILES string of the molecule is CCCCc1c(O)cc(-c2ccc(O)cc2)n(-c2ccc(O)cc2)c1=O. The lowest BCUT2D eigenvalue weighted by molar-refractivity contribution is 0.463. The molecule has 3 aromatic rings. The zero-order chi connectivity index (χ0) is 18.7. The smallest absolute Gasteiger partial charge is 0.262 e. The molecule has 0 bridgehead atoms. The molecule has 0 atom stereocenters. The number of phenols is 2. The molecule has 0 aliphatic carbocycles. The number of hydrogen-bond donors (Lipinski definition) is 3. The maximum absolute atomic E-state index is 13.1. The second-order valence-electron chi connectivity index (χ2n) is 6.20. The Hall–Kier alpha value is -3.21.